The van der Waals surface area contributed by atoms with Crippen LogP contribution in [0.25, 0.3) is 0 Å². The maximum atomic E-state index is 8.78. The Morgan fingerprint density at radius 3 is 2.68 bits per heavy atom. The molecule has 0 saturated carbocycles. The van der Waals surface area contributed by atoms with Gasteiger partial charge in [0.15, 0.2) is 5.79 Å². The van der Waals surface area contributed by atoms with E-state index in [0.29, 0.717) is 13.0 Å². The summed E-state index contributed by atoms with van der Waals surface area (Å²) in [5.74, 6) is -0.518. The predicted octanol–water partition coefficient (Wildman–Crippen LogP) is 2.95. The van der Waals surface area contributed by atoms with Gasteiger partial charge in [0.05, 0.1) is 31.0 Å². The summed E-state index contributed by atoms with van der Waals surface area (Å²) in [4.78, 5) is 0. The van der Waals surface area contributed by atoms with Gasteiger partial charge in [-0.05, 0) is 33.1 Å². The van der Waals surface area contributed by atoms with Gasteiger partial charge in [0, 0.05) is 17.3 Å². The molecule has 0 N–H and O–H groups in total. The van der Waals surface area contributed by atoms with Crippen molar-refractivity contribution in [3.63, 3.8) is 0 Å². The van der Waals surface area contributed by atoms with Crippen LogP contribution in [0.2, 0.25) is 0 Å². The van der Waals surface area contributed by atoms with Gasteiger partial charge in [0.1, 0.15) is 11.7 Å². The highest BCUT2D eigenvalue weighted by Gasteiger charge is 2.55. The van der Waals surface area contributed by atoms with Gasteiger partial charge in [-0.15, -0.1) is 0 Å². The standard InChI is InChI=1S/C16H24INO4/c1-15(2)19-9-13(22-15)12-8-16(10-17)14(20-12)6-5-11(21-16)4-3-7-18/h11-14H,3-6,8-10H2,1-2H3/t11-,12+,13+,14-,16+/m0/s1. The van der Waals surface area contributed by atoms with Crippen LogP contribution in [-0.4, -0.2) is 46.8 Å². The van der Waals surface area contributed by atoms with Crippen LogP contribution in [0.5, 0.6) is 0 Å². The monoisotopic (exact) mass is 421 g/mol. The average molecular weight is 421 g/mol. The van der Waals surface area contributed by atoms with E-state index in [2.05, 4.69) is 28.7 Å². The average Bonchev–Trinajstić information content (AvgIpc) is 3.05. The van der Waals surface area contributed by atoms with Gasteiger partial charge < -0.3 is 18.9 Å². The van der Waals surface area contributed by atoms with Crippen molar-refractivity contribution >= 4 is 22.6 Å². The summed E-state index contributed by atoms with van der Waals surface area (Å²) in [5.41, 5.74) is -0.223. The second kappa shape index (κ2) is 6.52. The molecule has 3 saturated heterocycles. The minimum Gasteiger partial charge on any atom is -0.369 e. The molecular formula is C16H24INO4. The quantitative estimate of drug-likeness (QED) is 0.516. The zero-order valence-electron chi connectivity index (χ0n) is 13.2. The number of fused-ring (bicyclic) bond motifs is 1. The number of alkyl halides is 1. The lowest BCUT2D eigenvalue weighted by Crippen LogP contribution is -2.49. The molecule has 0 unspecified atom stereocenters. The highest BCUT2D eigenvalue weighted by Crippen LogP contribution is 2.45. The third kappa shape index (κ3) is 3.29. The van der Waals surface area contributed by atoms with Crippen LogP contribution in [0, 0.1) is 11.3 Å². The summed E-state index contributed by atoms with van der Waals surface area (Å²) in [7, 11) is 0. The molecule has 22 heavy (non-hydrogen) atoms. The summed E-state index contributed by atoms with van der Waals surface area (Å²) in [5, 5.41) is 8.78. The van der Waals surface area contributed by atoms with Crippen LogP contribution < -0.4 is 0 Å². The van der Waals surface area contributed by atoms with Gasteiger partial charge in [-0.25, -0.2) is 0 Å². The number of nitriles is 1. The predicted molar refractivity (Wildman–Crippen MR) is 88.8 cm³/mol. The van der Waals surface area contributed by atoms with Crippen molar-refractivity contribution in [2.24, 2.45) is 0 Å². The van der Waals surface area contributed by atoms with E-state index in [0.717, 1.165) is 30.1 Å². The summed E-state index contributed by atoms with van der Waals surface area (Å²) >= 11 is 2.40. The summed E-state index contributed by atoms with van der Waals surface area (Å²) in [6, 6.07) is 2.22. The minimum atomic E-state index is -0.518. The second-order valence-electron chi connectivity index (χ2n) is 6.95. The lowest BCUT2D eigenvalue weighted by atomic mass is 9.87. The molecule has 3 rings (SSSR count). The first kappa shape index (κ1) is 16.9. The zero-order chi connectivity index (χ0) is 15.8. The van der Waals surface area contributed by atoms with Crippen molar-refractivity contribution in [2.45, 2.75) is 81.8 Å². The SMILES string of the molecule is CC1(C)OC[C@H]([C@H]2C[C@]3(CI)O[C@@H](CCC#N)CC[C@@H]3O2)O1. The van der Waals surface area contributed by atoms with Gasteiger partial charge in [-0.1, -0.05) is 22.6 Å². The van der Waals surface area contributed by atoms with E-state index in [1.54, 1.807) is 0 Å². The van der Waals surface area contributed by atoms with Gasteiger partial charge in [0.25, 0.3) is 0 Å². The molecule has 0 spiro atoms. The van der Waals surface area contributed by atoms with Crippen molar-refractivity contribution in [2.75, 3.05) is 11.0 Å². The van der Waals surface area contributed by atoms with Crippen LogP contribution in [0.3, 0.4) is 0 Å². The first-order valence-electron chi connectivity index (χ1n) is 8.06. The summed E-state index contributed by atoms with van der Waals surface area (Å²) in [6.07, 6.45) is 4.57. The molecule has 3 fully saturated rings. The first-order chi connectivity index (χ1) is 10.5. The van der Waals surface area contributed by atoms with Crippen molar-refractivity contribution in [3.05, 3.63) is 0 Å². The maximum absolute atomic E-state index is 8.78. The van der Waals surface area contributed by atoms with Gasteiger partial charge in [-0.2, -0.15) is 5.26 Å². The molecule has 0 aromatic carbocycles. The second-order valence-corrected chi connectivity index (χ2v) is 7.71. The van der Waals surface area contributed by atoms with E-state index in [-0.39, 0.29) is 30.0 Å². The van der Waals surface area contributed by atoms with E-state index in [1.165, 1.54) is 0 Å². The fraction of sp³-hybridized carbons (Fsp3) is 0.938. The number of hydrogen-bond donors (Lipinski definition) is 0. The molecule has 3 aliphatic rings. The van der Waals surface area contributed by atoms with Gasteiger partial charge in [0.2, 0.25) is 0 Å². The summed E-state index contributed by atoms with van der Waals surface area (Å²) in [6.45, 7) is 4.47. The number of ether oxygens (including phenoxy) is 4. The minimum absolute atomic E-state index is 0.0124. The van der Waals surface area contributed by atoms with E-state index < -0.39 is 5.79 Å². The van der Waals surface area contributed by atoms with E-state index in [1.807, 2.05) is 13.8 Å². The van der Waals surface area contributed by atoms with Crippen LogP contribution in [0.4, 0.5) is 0 Å². The lowest BCUT2D eigenvalue weighted by Gasteiger charge is -2.41. The normalized spacial score (nSPS) is 43.7. The van der Waals surface area contributed by atoms with Crippen LogP contribution >= 0.6 is 22.6 Å². The zero-order valence-corrected chi connectivity index (χ0v) is 15.4. The largest absolute Gasteiger partial charge is 0.369 e. The molecule has 0 aromatic heterocycles. The van der Waals surface area contributed by atoms with Crippen molar-refractivity contribution in [3.8, 4) is 6.07 Å². The fourth-order valence-corrected chi connectivity index (χ4v) is 4.74. The first-order valence-corrected chi connectivity index (χ1v) is 9.58. The van der Waals surface area contributed by atoms with E-state index in [9.17, 15) is 0 Å². The maximum Gasteiger partial charge on any atom is 0.163 e. The lowest BCUT2D eigenvalue weighted by molar-refractivity contribution is -0.166. The Balaban J connectivity index is 1.66. The fourth-order valence-electron chi connectivity index (χ4n) is 3.76. The molecule has 0 radical (unpaired) electrons. The molecule has 3 aliphatic heterocycles. The Morgan fingerprint density at radius 2 is 2.05 bits per heavy atom. The molecule has 124 valence electrons. The Morgan fingerprint density at radius 1 is 1.23 bits per heavy atom. The smallest absolute Gasteiger partial charge is 0.163 e. The Hall–Kier alpha value is 0.0600. The molecule has 0 amide bonds. The number of halogens is 1. The molecule has 0 aromatic rings. The highest BCUT2D eigenvalue weighted by atomic mass is 127. The van der Waals surface area contributed by atoms with Gasteiger partial charge >= 0.3 is 0 Å². The van der Waals surface area contributed by atoms with Crippen molar-refractivity contribution in [1.82, 2.24) is 0 Å². The summed E-state index contributed by atoms with van der Waals surface area (Å²) < 4.78 is 25.3. The van der Waals surface area contributed by atoms with E-state index >= 15 is 0 Å². The van der Waals surface area contributed by atoms with E-state index in [4.69, 9.17) is 24.2 Å². The Labute approximate surface area is 145 Å². The number of nitrogens with zero attached hydrogens (tertiary/aromatic N) is 1. The molecule has 0 aliphatic carbocycles. The number of hydrogen-bond acceptors (Lipinski definition) is 5. The van der Waals surface area contributed by atoms with Crippen molar-refractivity contribution in [1.29, 1.82) is 5.26 Å². The molecular weight excluding hydrogens is 397 g/mol. The topological polar surface area (TPSA) is 60.7 Å². The Bertz CT molecular complexity index is 452. The molecule has 5 atom stereocenters. The highest BCUT2D eigenvalue weighted by molar-refractivity contribution is 14.1. The third-order valence-corrected chi connectivity index (χ3v) is 6.17. The molecule has 0 bridgehead atoms. The van der Waals surface area contributed by atoms with Crippen LogP contribution in [-0.2, 0) is 18.9 Å². The van der Waals surface area contributed by atoms with Crippen molar-refractivity contribution < 1.29 is 18.9 Å². The van der Waals surface area contributed by atoms with Crippen LogP contribution in [0.15, 0.2) is 0 Å². The van der Waals surface area contributed by atoms with Crippen LogP contribution in [0.1, 0.15) is 46.0 Å². The third-order valence-electron chi connectivity index (χ3n) is 4.87. The number of rotatable bonds is 4. The Kier molecular flexibility index (Phi) is 5.01. The van der Waals surface area contributed by atoms with Gasteiger partial charge in [-0.3, -0.25) is 0 Å². The molecule has 6 heteroatoms. The molecule has 5 nitrogen and oxygen atoms in total. The molecule has 3 heterocycles.